The predicted octanol–water partition coefficient (Wildman–Crippen LogP) is -3.16. The quantitative estimate of drug-likeness (QED) is 0.261. The molecule has 0 rings (SSSR count). The second kappa shape index (κ2) is 2.78. The normalized spacial score (nSPS) is 13.6. The smallest absolute Gasteiger partial charge is 0.319 e. The highest BCUT2D eigenvalue weighted by molar-refractivity contribution is 7.86. The second-order valence-electron chi connectivity index (χ2n) is 1.38. The fourth-order valence-corrected chi connectivity index (χ4v) is 0.613. The molecular formula is C2H7NO6S. The molecule has 0 fully saturated rings. The third-order valence-electron chi connectivity index (χ3n) is 0.443. The number of aliphatic hydroxyl groups is 3. The summed E-state index contributed by atoms with van der Waals surface area (Å²) in [4.78, 5) is 0. The topological polar surface area (TPSA) is 130 Å². The standard InChI is InChI=1S/C2H7NO6S/c3-1-10(7,8)9-2(4,5)6/h4-6H,1,3H2. The molecule has 0 heterocycles. The van der Waals surface area contributed by atoms with Crippen LogP contribution in [0.3, 0.4) is 0 Å². The van der Waals surface area contributed by atoms with E-state index in [1.165, 1.54) is 0 Å². The number of nitrogens with two attached hydrogens (primary N) is 1. The first-order chi connectivity index (χ1) is 4.27. The lowest BCUT2D eigenvalue weighted by molar-refractivity contribution is -0.418. The summed E-state index contributed by atoms with van der Waals surface area (Å²) in [5.41, 5.74) is 4.57. The molecule has 8 heteroatoms. The average molecular weight is 173 g/mol. The maximum atomic E-state index is 10.2. The Balaban J connectivity index is 4.18. The largest absolute Gasteiger partial charge is 0.419 e. The minimum atomic E-state index is -4.25. The van der Waals surface area contributed by atoms with Crippen LogP contribution in [-0.4, -0.2) is 35.8 Å². The van der Waals surface area contributed by atoms with Crippen LogP contribution in [0.5, 0.6) is 0 Å². The number of hydrogen-bond acceptors (Lipinski definition) is 7. The van der Waals surface area contributed by atoms with E-state index in [1.54, 1.807) is 0 Å². The molecule has 0 aromatic carbocycles. The van der Waals surface area contributed by atoms with Crippen LogP contribution < -0.4 is 5.73 Å². The molecule has 0 saturated heterocycles. The molecule has 10 heavy (non-hydrogen) atoms. The zero-order valence-corrected chi connectivity index (χ0v) is 5.58. The summed E-state index contributed by atoms with van der Waals surface area (Å²) < 4.78 is 23.7. The van der Waals surface area contributed by atoms with Gasteiger partial charge in [-0.3, -0.25) is 0 Å². The van der Waals surface area contributed by atoms with Gasteiger partial charge in [0.05, 0.1) is 0 Å². The molecule has 0 radical (unpaired) electrons. The Bertz CT molecular complexity index is 188. The van der Waals surface area contributed by atoms with Gasteiger partial charge in [0.2, 0.25) is 0 Å². The van der Waals surface area contributed by atoms with E-state index < -0.39 is 22.2 Å². The third kappa shape index (κ3) is 4.61. The van der Waals surface area contributed by atoms with Crippen LogP contribution in [0.15, 0.2) is 0 Å². The van der Waals surface area contributed by atoms with E-state index in [0.29, 0.717) is 0 Å². The van der Waals surface area contributed by atoms with Crippen LogP contribution in [-0.2, 0) is 14.3 Å². The summed E-state index contributed by atoms with van der Waals surface area (Å²) in [5, 5.41) is 23.8. The lowest BCUT2D eigenvalue weighted by atomic mass is 11.2. The zero-order valence-electron chi connectivity index (χ0n) is 4.76. The highest BCUT2D eigenvalue weighted by Crippen LogP contribution is 2.01. The van der Waals surface area contributed by atoms with Crippen molar-refractivity contribution >= 4 is 10.1 Å². The third-order valence-corrected chi connectivity index (χ3v) is 1.33. The SMILES string of the molecule is NCS(=O)(=O)OC(O)(O)O. The van der Waals surface area contributed by atoms with Crippen LogP contribution in [0.4, 0.5) is 0 Å². The fourth-order valence-electron chi connectivity index (χ4n) is 0.204. The fraction of sp³-hybridized carbons (Fsp3) is 1.00. The summed E-state index contributed by atoms with van der Waals surface area (Å²) in [6, 6.07) is 0. The molecule has 0 bridgehead atoms. The van der Waals surface area contributed by atoms with E-state index in [4.69, 9.17) is 15.3 Å². The zero-order chi connectivity index (χ0) is 8.41. The number of hydrogen-bond donors (Lipinski definition) is 4. The Morgan fingerprint density at radius 1 is 1.40 bits per heavy atom. The molecule has 0 amide bonds. The molecule has 0 saturated carbocycles. The molecule has 62 valence electrons. The van der Waals surface area contributed by atoms with Crippen molar-refractivity contribution in [3.8, 4) is 0 Å². The molecule has 0 spiro atoms. The van der Waals surface area contributed by atoms with E-state index in [2.05, 4.69) is 9.92 Å². The van der Waals surface area contributed by atoms with Crippen molar-refractivity contribution in [3.63, 3.8) is 0 Å². The summed E-state index contributed by atoms with van der Waals surface area (Å²) in [6.45, 7) is 0. The summed E-state index contributed by atoms with van der Waals surface area (Å²) in [7, 11) is -4.25. The van der Waals surface area contributed by atoms with Crippen molar-refractivity contribution in [2.75, 3.05) is 5.88 Å². The van der Waals surface area contributed by atoms with Crippen molar-refractivity contribution in [2.24, 2.45) is 5.73 Å². The lowest BCUT2D eigenvalue weighted by Gasteiger charge is -2.11. The van der Waals surface area contributed by atoms with Gasteiger partial charge in [-0.05, 0) is 0 Å². The van der Waals surface area contributed by atoms with Gasteiger partial charge in [-0.1, -0.05) is 0 Å². The van der Waals surface area contributed by atoms with Gasteiger partial charge in [-0.15, -0.1) is 0 Å². The molecule has 0 unspecified atom stereocenters. The van der Waals surface area contributed by atoms with Crippen molar-refractivity contribution in [1.29, 1.82) is 0 Å². The van der Waals surface area contributed by atoms with Crippen LogP contribution in [0.25, 0.3) is 0 Å². The Hall–Kier alpha value is -0.250. The van der Waals surface area contributed by atoms with Gasteiger partial charge in [0, 0.05) is 0 Å². The first kappa shape index (κ1) is 9.75. The van der Waals surface area contributed by atoms with Gasteiger partial charge in [0.1, 0.15) is 5.88 Å². The molecule has 0 atom stereocenters. The molecular weight excluding hydrogens is 166 g/mol. The van der Waals surface area contributed by atoms with Gasteiger partial charge in [0.15, 0.2) is 0 Å². The van der Waals surface area contributed by atoms with Gasteiger partial charge in [0.25, 0.3) is 10.1 Å². The maximum absolute atomic E-state index is 10.2. The van der Waals surface area contributed by atoms with Gasteiger partial charge in [-0.2, -0.15) is 12.6 Å². The van der Waals surface area contributed by atoms with Crippen LogP contribution in [0, 0.1) is 0 Å². The second-order valence-corrected chi connectivity index (χ2v) is 3.00. The van der Waals surface area contributed by atoms with E-state index in [0.717, 1.165) is 0 Å². The van der Waals surface area contributed by atoms with Crippen molar-refractivity contribution < 1.29 is 27.9 Å². The molecule has 0 aliphatic rings. The molecule has 7 nitrogen and oxygen atoms in total. The maximum Gasteiger partial charge on any atom is 0.419 e. The lowest BCUT2D eigenvalue weighted by Crippen LogP contribution is -2.36. The van der Waals surface area contributed by atoms with Crippen molar-refractivity contribution in [2.45, 2.75) is 6.16 Å². The molecule has 0 aromatic rings. The Labute approximate surface area is 56.8 Å². The highest BCUT2D eigenvalue weighted by atomic mass is 32.2. The van der Waals surface area contributed by atoms with Crippen LogP contribution in [0.1, 0.15) is 0 Å². The summed E-state index contributed by atoms with van der Waals surface area (Å²) in [5.74, 6) is -0.948. The summed E-state index contributed by atoms with van der Waals surface area (Å²) >= 11 is 0. The predicted molar refractivity (Wildman–Crippen MR) is 28.4 cm³/mol. The molecule has 0 aliphatic heterocycles. The Kier molecular flexibility index (Phi) is 2.71. The van der Waals surface area contributed by atoms with Crippen molar-refractivity contribution in [1.82, 2.24) is 0 Å². The highest BCUT2D eigenvalue weighted by Gasteiger charge is 2.27. The van der Waals surface area contributed by atoms with Crippen LogP contribution >= 0.6 is 0 Å². The molecule has 0 aromatic heterocycles. The van der Waals surface area contributed by atoms with E-state index in [-0.39, 0.29) is 0 Å². The van der Waals surface area contributed by atoms with Gasteiger partial charge in [-0.25, -0.2) is 0 Å². The Morgan fingerprint density at radius 3 is 1.90 bits per heavy atom. The molecule has 0 aliphatic carbocycles. The number of rotatable bonds is 3. The first-order valence-electron chi connectivity index (χ1n) is 2.07. The van der Waals surface area contributed by atoms with Crippen LogP contribution in [0.2, 0.25) is 0 Å². The van der Waals surface area contributed by atoms with Gasteiger partial charge < -0.3 is 21.1 Å². The summed E-state index contributed by atoms with van der Waals surface area (Å²) in [6.07, 6.45) is -3.68. The first-order valence-corrected chi connectivity index (χ1v) is 3.65. The van der Waals surface area contributed by atoms with Crippen molar-refractivity contribution in [3.05, 3.63) is 0 Å². The van der Waals surface area contributed by atoms with E-state index in [1.807, 2.05) is 0 Å². The monoisotopic (exact) mass is 173 g/mol. The minimum absolute atomic E-state index is 0.948. The van der Waals surface area contributed by atoms with Gasteiger partial charge >= 0.3 is 6.16 Å². The Morgan fingerprint density at radius 2 is 1.80 bits per heavy atom. The minimum Gasteiger partial charge on any atom is -0.319 e. The average Bonchev–Trinajstić information content (AvgIpc) is 1.60. The molecule has 5 N–H and O–H groups in total. The van der Waals surface area contributed by atoms with E-state index >= 15 is 0 Å². The van der Waals surface area contributed by atoms with E-state index in [9.17, 15) is 8.42 Å².